The van der Waals surface area contributed by atoms with E-state index in [9.17, 15) is 4.79 Å². The number of aromatic amines is 1. The van der Waals surface area contributed by atoms with Crippen LogP contribution in [0.15, 0.2) is 36.7 Å². The summed E-state index contributed by atoms with van der Waals surface area (Å²) in [6.07, 6.45) is 3.45. The molecule has 0 fully saturated rings. The Morgan fingerprint density at radius 3 is 2.90 bits per heavy atom. The molecule has 1 aromatic carbocycles. The van der Waals surface area contributed by atoms with Crippen molar-refractivity contribution in [2.24, 2.45) is 5.73 Å². The number of aromatic nitrogens is 5. The molecule has 3 rings (SSSR count). The highest BCUT2D eigenvalue weighted by molar-refractivity contribution is 5.97. The van der Waals surface area contributed by atoms with E-state index in [4.69, 9.17) is 10.5 Å². The van der Waals surface area contributed by atoms with Gasteiger partial charge in [0.15, 0.2) is 5.69 Å². The SMILES string of the molecule is COc1ccc(-n2cccn2)c(-c2n[nH]nc2C(N)=O)c1. The molecular weight excluding hydrogens is 272 g/mol. The van der Waals surface area contributed by atoms with Gasteiger partial charge in [-0.25, -0.2) is 4.68 Å². The average Bonchev–Trinajstić information content (AvgIpc) is 3.17. The highest BCUT2D eigenvalue weighted by atomic mass is 16.5. The topological polar surface area (TPSA) is 112 Å². The van der Waals surface area contributed by atoms with Crippen LogP contribution in [-0.4, -0.2) is 38.2 Å². The van der Waals surface area contributed by atoms with E-state index in [1.54, 1.807) is 42.4 Å². The van der Waals surface area contributed by atoms with E-state index < -0.39 is 5.91 Å². The summed E-state index contributed by atoms with van der Waals surface area (Å²) in [5, 5.41) is 14.4. The number of H-pyrrole nitrogens is 1. The van der Waals surface area contributed by atoms with Crippen LogP contribution >= 0.6 is 0 Å². The van der Waals surface area contributed by atoms with Crippen molar-refractivity contribution >= 4 is 5.91 Å². The number of ether oxygens (including phenoxy) is 1. The highest BCUT2D eigenvalue weighted by Gasteiger charge is 2.19. The van der Waals surface area contributed by atoms with E-state index in [2.05, 4.69) is 20.5 Å². The summed E-state index contributed by atoms with van der Waals surface area (Å²) in [7, 11) is 1.56. The van der Waals surface area contributed by atoms with Crippen molar-refractivity contribution in [2.45, 2.75) is 0 Å². The summed E-state index contributed by atoms with van der Waals surface area (Å²) in [6.45, 7) is 0. The lowest BCUT2D eigenvalue weighted by atomic mass is 10.1. The van der Waals surface area contributed by atoms with E-state index in [1.165, 1.54) is 0 Å². The molecule has 0 saturated heterocycles. The highest BCUT2D eigenvalue weighted by Crippen LogP contribution is 2.30. The number of benzene rings is 1. The minimum atomic E-state index is -0.659. The van der Waals surface area contributed by atoms with Gasteiger partial charge in [-0.2, -0.15) is 20.5 Å². The lowest BCUT2D eigenvalue weighted by Crippen LogP contribution is -2.13. The van der Waals surface area contributed by atoms with Gasteiger partial charge in [0, 0.05) is 18.0 Å². The molecule has 8 nitrogen and oxygen atoms in total. The third-order valence-corrected chi connectivity index (χ3v) is 2.99. The third-order valence-electron chi connectivity index (χ3n) is 2.99. The van der Waals surface area contributed by atoms with Crippen molar-refractivity contribution in [3.05, 3.63) is 42.4 Å². The van der Waals surface area contributed by atoms with Crippen molar-refractivity contribution in [2.75, 3.05) is 7.11 Å². The van der Waals surface area contributed by atoms with Crippen LogP contribution in [0.4, 0.5) is 0 Å². The maximum Gasteiger partial charge on any atom is 0.271 e. The fourth-order valence-electron chi connectivity index (χ4n) is 2.03. The fourth-order valence-corrected chi connectivity index (χ4v) is 2.03. The number of hydrogen-bond acceptors (Lipinski definition) is 5. The van der Waals surface area contributed by atoms with Gasteiger partial charge in [-0.1, -0.05) is 0 Å². The first-order valence-electron chi connectivity index (χ1n) is 6.09. The van der Waals surface area contributed by atoms with E-state index in [-0.39, 0.29) is 5.69 Å². The Morgan fingerprint density at radius 2 is 2.24 bits per heavy atom. The van der Waals surface area contributed by atoms with E-state index in [0.29, 0.717) is 17.0 Å². The predicted octanol–water partition coefficient (Wildman–Crippen LogP) is 0.765. The molecule has 0 bridgehead atoms. The van der Waals surface area contributed by atoms with Crippen molar-refractivity contribution in [1.29, 1.82) is 0 Å². The number of carbonyl (C=O) groups is 1. The maximum atomic E-state index is 11.5. The van der Waals surface area contributed by atoms with Crippen LogP contribution < -0.4 is 10.5 Å². The molecular formula is C13H12N6O2. The number of hydrogen-bond donors (Lipinski definition) is 2. The molecule has 0 radical (unpaired) electrons. The number of rotatable bonds is 4. The second kappa shape index (κ2) is 5.08. The van der Waals surface area contributed by atoms with Crippen LogP contribution in [0, 0.1) is 0 Å². The van der Waals surface area contributed by atoms with Crippen LogP contribution in [0.3, 0.4) is 0 Å². The van der Waals surface area contributed by atoms with Gasteiger partial charge in [-0.05, 0) is 24.3 Å². The van der Waals surface area contributed by atoms with Gasteiger partial charge in [-0.3, -0.25) is 4.79 Å². The molecule has 106 valence electrons. The third kappa shape index (κ3) is 2.22. The van der Waals surface area contributed by atoms with Crippen LogP contribution in [-0.2, 0) is 0 Å². The standard InChI is InChI=1S/C13H12N6O2/c1-21-8-3-4-10(19-6-2-5-15-19)9(7-8)11-12(13(14)20)17-18-16-11/h2-7H,1H3,(H2,14,20)(H,16,17,18). The molecule has 3 aromatic rings. The zero-order valence-electron chi connectivity index (χ0n) is 11.1. The summed E-state index contributed by atoms with van der Waals surface area (Å²) in [4.78, 5) is 11.5. The Hall–Kier alpha value is -3.16. The molecule has 0 saturated carbocycles. The Balaban J connectivity index is 2.24. The Kier molecular flexibility index (Phi) is 3.11. The molecule has 21 heavy (non-hydrogen) atoms. The first-order valence-corrected chi connectivity index (χ1v) is 6.09. The monoisotopic (exact) mass is 284 g/mol. The summed E-state index contributed by atoms with van der Waals surface area (Å²) < 4.78 is 6.88. The van der Waals surface area contributed by atoms with Crippen molar-refractivity contribution in [3.63, 3.8) is 0 Å². The molecule has 0 aliphatic heterocycles. The normalized spacial score (nSPS) is 10.5. The molecule has 0 aliphatic rings. The second-order valence-electron chi connectivity index (χ2n) is 4.22. The molecule has 1 amide bonds. The Bertz CT molecular complexity index is 778. The fraction of sp³-hybridized carbons (Fsp3) is 0.0769. The summed E-state index contributed by atoms with van der Waals surface area (Å²) >= 11 is 0. The van der Waals surface area contributed by atoms with Crippen molar-refractivity contribution in [1.82, 2.24) is 25.2 Å². The number of primary amides is 1. The summed E-state index contributed by atoms with van der Waals surface area (Å²) in [6, 6.07) is 7.16. The molecule has 0 aliphatic carbocycles. The number of amides is 1. The van der Waals surface area contributed by atoms with Crippen LogP contribution in [0.5, 0.6) is 5.75 Å². The first-order chi connectivity index (χ1) is 10.2. The predicted molar refractivity (Wildman–Crippen MR) is 74.0 cm³/mol. The summed E-state index contributed by atoms with van der Waals surface area (Å²) in [5.74, 6) is -0.0349. The van der Waals surface area contributed by atoms with E-state index in [0.717, 1.165) is 5.69 Å². The lowest BCUT2D eigenvalue weighted by Gasteiger charge is -2.10. The van der Waals surface area contributed by atoms with Gasteiger partial charge >= 0.3 is 0 Å². The van der Waals surface area contributed by atoms with Crippen molar-refractivity contribution < 1.29 is 9.53 Å². The molecule has 0 atom stereocenters. The van der Waals surface area contributed by atoms with Gasteiger partial charge in [-0.15, -0.1) is 0 Å². The Labute approximate surface area is 119 Å². The number of carbonyl (C=O) groups excluding carboxylic acids is 1. The minimum absolute atomic E-state index is 0.0664. The zero-order chi connectivity index (χ0) is 14.8. The number of nitrogens with one attached hydrogen (secondary N) is 1. The van der Waals surface area contributed by atoms with Gasteiger partial charge in [0.25, 0.3) is 5.91 Å². The largest absolute Gasteiger partial charge is 0.497 e. The minimum Gasteiger partial charge on any atom is -0.497 e. The first kappa shape index (κ1) is 12.9. The molecule has 2 aromatic heterocycles. The summed E-state index contributed by atoms with van der Waals surface area (Å²) in [5.41, 5.74) is 7.11. The molecule has 2 heterocycles. The van der Waals surface area contributed by atoms with Gasteiger partial charge < -0.3 is 10.5 Å². The van der Waals surface area contributed by atoms with Crippen molar-refractivity contribution in [3.8, 4) is 22.7 Å². The van der Waals surface area contributed by atoms with Crippen LogP contribution in [0.25, 0.3) is 16.9 Å². The maximum absolute atomic E-state index is 11.5. The Morgan fingerprint density at radius 1 is 1.38 bits per heavy atom. The van der Waals surface area contributed by atoms with Crippen LogP contribution in [0.2, 0.25) is 0 Å². The number of nitrogens with two attached hydrogens (primary N) is 1. The molecule has 3 N–H and O–H groups in total. The van der Waals surface area contributed by atoms with Gasteiger partial charge in [0.2, 0.25) is 0 Å². The van der Waals surface area contributed by atoms with Gasteiger partial charge in [0.1, 0.15) is 11.4 Å². The quantitative estimate of drug-likeness (QED) is 0.734. The van der Waals surface area contributed by atoms with E-state index in [1.807, 2.05) is 6.07 Å². The molecule has 0 unspecified atom stereocenters. The van der Waals surface area contributed by atoms with Gasteiger partial charge in [0.05, 0.1) is 12.8 Å². The van der Waals surface area contributed by atoms with E-state index >= 15 is 0 Å². The second-order valence-corrected chi connectivity index (χ2v) is 4.22. The molecule has 0 spiro atoms. The zero-order valence-corrected chi connectivity index (χ0v) is 11.1. The average molecular weight is 284 g/mol. The smallest absolute Gasteiger partial charge is 0.271 e. The molecule has 8 heteroatoms. The number of nitrogens with zero attached hydrogens (tertiary/aromatic N) is 4. The number of methoxy groups -OCH3 is 1. The lowest BCUT2D eigenvalue weighted by molar-refractivity contribution is 0.0996. The van der Waals surface area contributed by atoms with Crippen LogP contribution in [0.1, 0.15) is 10.5 Å².